The van der Waals surface area contributed by atoms with Crippen molar-refractivity contribution < 1.29 is 24.2 Å². The van der Waals surface area contributed by atoms with E-state index in [4.69, 9.17) is 5.11 Å². The van der Waals surface area contributed by atoms with Crippen molar-refractivity contribution in [2.45, 2.75) is 6.92 Å². The summed E-state index contributed by atoms with van der Waals surface area (Å²) in [6.45, 7) is 1.58. The number of hydrogen-bond donors (Lipinski definition) is 1. The number of carbonyl (C=O) groups excluding carboxylic acids is 2. The molecule has 0 aliphatic carbocycles. The van der Waals surface area contributed by atoms with Gasteiger partial charge in [-0.15, -0.1) is 0 Å². The Morgan fingerprint density at radius 2 is 1.62 bits per heavy atom. The van der Waals surface area contributed by atoms with E-state index < -0.39 is 17.9 Å². The summed E-state index contributed by atoms with van der Waals surface area (Å²) >= 11 is 0. The molecule has 0 saturated heterocycles. The Labute approximate surface area is 74.3 Å². The minimum Gasteiger partial charge on any atom is -0.478 e. The zero-order valence-electron chi connectivity index (χ0n) is 6.89. The third kappa shape index (κ3) is 6.49. The molecule has 0 saturated carbocycles. The summed E-state index contributed by atoms with van der Waals surface area (Å²) in [5.74, 6) is -3.12. The van der Waals surface area contributed by atoms with Gasteiger partial charge in [-0.05, 0) is 6.92 Å². The van der Waals surface area contributed by atoms with Crippen LogP contribution in [-0.4, -0.2) is 23.0 Å². The zero-order chi connectivity index (χ0) is 10.3. The topological polar surface area (TPSA) is 80.7 Å². The van der Waals surface area contributed by atoms with Gasteiger partial charge in [0.1, 0.15) is 0 Å². The van der Waals surface area contributed by atoms with Gasteiger partial charge < -0.3 is 9.84 Å². The lowest BCUT2D eigenvalue weighted by molar-refractivity contribution is -0.152. The molecule has 0 amide bonds. The maximum Gasteiger partial charge on any atom is 0.338 e. The summed E-state index contributed by atoms with van der Waals surface area (Å²) in [6, 6.07) is 0. The van der Waals surface area contributed by atoms with E-state index in [-0.39, 0.29) is 0 Å². The minimum absolute atomic E-state index is 0.589. The first kappa shape index (κ1) is 11.1. The molecule has 0 aliphatic rings. The van der Waals surface area contributed by atoms with E-state index in [2.05, 4.69) is 4.74 Å². The first-order valence-corrected chi connectivity index (χ1v) is 3.35. The predicted octanol–water partition coefficient (Wildman–Crippen LogP) is 0.273. The fraction of sp³-hybridized carbons (Fsp3) is 0.125. The highest BCUT2D eigenvalue weighted by molar-refractivity contribution is 5.98. The van der Waals surface area contributed by atoms with E-state index >= 15 is 0 Å². The molecule has 5 heteroatoms. The van der Waals surface area contributed by atoms with Crippen LogP contribution in [0.1, 0.15) is 6.92 Å². The number of esters is 2. The van der Waals surface area contributed by atoms with Crippen LogP contribution >= 0.6 is 0 Å². The Morgan fingerprint density at radius 1 is 1.08 bits per heavy atom. The number of hydrogen-bond acceptors (Lipinski definition) is 4. The highest BCUT2D eigenvalue weighted by Crippen LogP contribution is 1.85. The van der Waals surface area contributed by atoms with Crippen molar-refractivity contribution in [1.29, 1.82) is 0 Å². The Hall–Kier alpha value is -1.91. The zero-order valence-corrected chi connectivity index (χ0v) is 6.89. The molecule has 0 spiro atoms. The monoisotopic (exact) mass is 184 g/mol. The first-order chi connectivity index (χ1) is 6.06. The van der Waals surface area contributed by atoms with Crippen LogP contribution in [0.4, 0.5) is 0 Å². The quantitative estimate of drug-likeness (QED) is 0.387. The predicted molar refractivity (Wildman–Crippen MR) is 42.7 cm³/mol. The maximum atomic E-state index is 10.6. The van der Waals surface area contributed by atoms with Crippen molar-refractivity contribution >= 4 is 17.9 Å². The van der Waals surface area contributed by atoms with Crippen LogP contribution in [0.5, 0.6) is 0 Å². The van der Waals surface area contributed by atoms with Gasteiger partial charge in [0, 0.05) is 18.2 Å². The van der Waals surface area contributed by atoms with Crippen molar-refractivity contribution in [2.24, 2.45) is 0 Å². The van der Waals surface area contributed by atoms with Crippen molar-refractivity contribution in [2.75, 3.05) is 0 Å². The van der Waals surface area contributed by atoms with Gasteiger partial charge in [-0.2, -0.15) is 0 Å². The number of ether oxygens (including phenoxy) is 1. The molecule has 0 aromatic rings. The standard InChI is InChI=1S/C8H8O5/c1-2-3-7(11)13-8(12)5-4-6(9)10/h2-5H,1H3,(H,9,10). The Bertz CT molecular complexity index is 274. The van der Waals surface area contributed by atoms with Crippen molar-refractivity contribution in [3.05, 3.63) is 24.3 Å². The number of carbonyl (C=O) groups is 3. The number of carboxylic acid groups (broad SMARTS) is 1. The minimum atomic E-state index is -1.28. The van der Waals surface area contributed by atoms with Crippen LogP contribution in [0.25, 0.3) is 0 Å². The molecule has 13 heavy (non-hydrogen) atoms. The molecule has 0 aromatic heterocycles. The van der Waals surface area contributed by atoms with Crippen molar-refractivity contribution in [3.63, 3.8) is 0 Å². The summed E-state index contributed by atoms with van der Waals surface area (Å²) < 4.78 is 4.13. The number of aliphatic carboxylic acids is 1. The van der Waals surface area contributed by atoms with Crippen LogP contribution in [0.15, 0.2) is 24.3 Å². The smallest absolute Gasteiger partial charge is 0.338 e. The normalized spacial score (nSPS) is 10.5. The highest BCUT2D eigenvalue weighted by atomic mass is 16.6. The third-order valence-electron chi connectivity index (χ3n) is 0.866. The van der Waals surface area contributed by atoms with Gasteiger partial charge in [-0.25, -0.2) is 14.4 Å². The molecule has 0 atom stereocenters. The second-order valence-electron chi connectivity index (χ2n) is 1.91. The molecule has 0 radical (unpaired) electrons. The summed E-state index contributed by atoms with van der Waals surface area (Å²) in [7, 11) is 0. The van der Waals surface area contributed by atoms with Gasteiger partial charge in [-0.1, -0.05) is 6.08 Å². The van der Waals surface area contributed by atoms with E-state index in [0.29, 0.717) is 12.2 Å². The molecule has 0 aromatic carbocycles. The fourth-order valence-corrected chi connectivity index (χ4v) is 0.443. The van der Waals surface area contributed by atoms with E-state index in [1.54, 1.807) is 6.92 Å². The number of allylic oxidation sites excluding steroid dienone is 1. The first-order valence-electron chi connectivity index (χ1n) is 3.35. The molecule has 0 unspecified atom stereocenters. The Balaban J connectivity index is 4.02. The number of carboxylic acids is 1. The van der Waals surface area contributed by atoms with Gasteiger partial charge in [0.15, 0.2) is 0 Å². The van der Waals surface area contributed by atoms with Gasteiger partial charge in [0.2, 0.25) is 0 Å². The lowest BCUT2D eigenvalue weighted by Crippen LogP contribution is -2.07. The molecule has 5 nitrogen and oxygen atoms in total. The van der Waals surface area contributed by atoms with E-state index in [1.165, 1.54) is 6.08 Å². The van der Waals surface area contributed by atoms with Gasteiger partial charge in [0.05, 0.1) is 0 Å². The molecule has 0 rings (SSSR count). The summed E-state index contributed by atoms with van der Waals surface area (Å²) in [5.41, 5.74) is 0. The van der Waals surface area contributed by atoms with Crippen LogP contribution in [0.3, 0.4) is 0 Å². The molecule has 0 fully saturated rings. The summed E-state index contributed by atoms with van der Waals surface area (Å²) in [4.78, 5) is 31.1. The maximum absolute atomic E-state index is 10.6. The summed E-state index contributed by atoms with van der Waals surface area (Å²) in [6.07, 6.45) is 3.69. The Morgan fingerprint density at radius 3 is 2.08 bits per heavy atom. The summed E-state index contributed by atoms with van der Waals surface area (Å²) in [5, 5.41) is 8.11. The fourth-order valence-electron chi connectivity index (χ4n) is 0.443. The highest BCUT2D eigenvalue weighted by Gasteiger charge is 2.02. The van der Waals surface area contributed by atoms with Crippen LogP contribution in [0.2, 0.25) is 0 Å². The number of rotatable bonds is 3. The van der Waals surface area contributed by atoms with Crippen molar-refractivity contribution in [3.8, 4) is 0 Å². The van der Waals surface area contributed by atoms with Crippen LogP contribution in [0, 0.1) is 0 Å². The van der Waals surface area contributed by atoms with Crippen LogP contribution in [-0.2, 0) is 19.1 Å². The molecular formula is C8H8O5. The largest absolute Gasteiger partial charge is 0.478 e. The van der Waals surface area contributed by atoms with Gasteiger partial charge in [-0.3, -0.25) is 0 Å². The molecule has 70 valence electrons. The average Bonchev–Trinajstić information content (AvgIpc) is 2.01. The molecular weight excluding hydrogens is 176 g/mol. The molecule has 0 bridgehead atoms. The molecule has 1 N–H and O–H groups in total. The van der Waals surface area contributed by atoms with Crippen LogP contribution < -0.4 is 0 Å². The van der Waals surface area contributed by atoms with E-state index in [1.807, 2.05) is 0 Å². The van der Waals surface area contributed by atoms with E-state index in [0.717, 1.165) is 6.08 Å². The van der Waals surface area contributed by atoms with E-state index in [9.17, 15) is 14.4 Å². The van der Waals surface area contributed by atoms with Gasteiger partial charge in [0.25, 0.3) is 0 Å². The van der Waals surface area contributed by atoms with Crippen molar-refractivity contribution in [1.82, 2.24) is 0 Å². The Kier molecular flexibility index (Phi) is 4.87. The SMILES string of the molecule is CC=CC(=O)OC(=O)C=CC(=O)O. The third-order valence-corrected chi connectivity index (χ3v) is 0.866. The molecule has 0 heterocycles. The second-order valence-corrected chi connectivity index (χ2v) is 1.91. The average molecular weight is 184 g/mol. The second kappa shape index (κ2) is 5.70. The lowest BCUT2D eigenvalue weighted by atomic mass is 10.5. The molecule has 0 aliphatic heterocycles. The van der Waals surface area contributed by atoms with Gasteiger partial charge >= 0.3 is 17.9 Å². The lowest BCUT2D eigenvalue weighted by Gasteiger charge is -1.92.